The Bertz CT molecular complexity index is 1750. The van der Waals surface area contributed by atoms with Crippen LogP contribution in [0.4, 0.5) is 5.69 Å². The van der Waals surface area contributed by atoms with Crippen molar-refractivity contribution < 1.29 is 14.5 Å². The Morgan fingerprint density at radius 1 is 0.886 bits per heavy atom. The Labute approximate surface area is 197 Å². The lowest BCUT2D eigenvalue weighted by Gasteiger charge is -2.04. The van der Waals surface area contributed by atoms with E-state index in [-0.39, 0.29) is 16.8 Å². The summed E-state index contributed by atoms with van der Waals surface area (Å²) in [6.45, 7) is 0. The number of benzene rings is 2. The molecule has 0 saturated heterocycles. The van der Waals surface area contributed by atoms with Crippen LogP contribution in [0.3, 0.4) is 0 Å². The van der Waals surface area contributed by atoms with Gasteiger partial charge in [-0.25, -0.2) is 4.98 Å². The molecular weight excluding hydrogens is 448 g/mol. The molecule has 1 aliphatic rings. The van der Waals surface area contributed by atoms with Gasteiger partial charge in [0.2, 0.25) is 0 Å². The predicted octanol–water partition coefficient (Wildman–Crippen LogP) is 3.54. The molecule has 2 N–H and O–H groups in total. The van der Waals surface area contributed by atoms with Crippen molar-refractivity contribution in [3.8, 4) is 11.3 Å². The van der Waals surface area contributed by atoms with E-state index in [2.05, 4.69) is 15.3 Å². The third-order valence-electron chi connectivity index (χ3n) is 6.45. The molecule has 0 spiro atoms. The molecule has 0 atom stereocenters. The van der Waals surface area contributed by atoms with E-state index in [4.69, 9.17) is 0 Å². The summed E-state index contributed by atoms with van der Waals surface area (Å²) in [5, 5.41) is 15.2. The van der Waals surface area contributed by atoms with Gasteiger partial charge < -0.3 is 14.1 Å². The minimum Gasteiger partial charge on any atom is -0.350 e. The van der Waals surface area contributed by atoms with Crippen molar-refractivity contribution in [2.75, 3.05) is 0 Å². The first kappa shape index (κ1) is 20.6. The van der Waals surface area contributed by atoms with Crippen molar-refractivity contribution in [3.05, 3.63) is 82.6 Å². The second kappa shape index (κ2) is 7.26. The molecular formula is C25H18N6O4. The molecule has 6 rings (SSSR count). The molecule has 2 aromatic carbocycles. The summed E-state index contributed by atoms with van der Waals surface area (Å²) in [5.74, 6) is -0.976. The van der Waals surface area contributed by atoms with E-state index < -0.39 is 16.7 Å². The van der Waals surface area contributed by atoms with Gasteiger partial charge in [-0.3, -0.25) is 25.0 Å². The van der Waals surface area contributed by atoms with Crippen LogP contribution in [0.2, 0.25) is 0 Å². The first-order valence-electron chi connectivity index (χ1n) is 10.8. The van der Waals surface area contributed by atoms with Gasteiger partial charge in [0, 0.05) is 71.6 Å². The maximum atomic E-state index is 13.1. The SMILES string of the molecule is Cn1cc(C2=C(c3cn(C)c4cc([N+](=O)[O-])ccc34)C(=O)NC2=O)c2ccc(-c3cnc[nH]3)cc21. The van der Waals surface area contributed by atoms with Gasteiger partial charge in [-0.15, -0.1) is 0 Å². The zero-order valence-electron chi connectivity index (χ0n) is 18.7. The van der Waals surface area contributed by atoms with Crippen LogP contribution in [-0.2, 0) is 23.7 Å². The van der Waals surface area contributed by atoms with E-state index in [0.29, 0.717) is 22.0 Å². The molecule has 3 aromatic heterocycles. The number of H-pyrrole nitrogens is 1. The maximum absolute atomic E-state index is 13.1. The molecule has 5 aromatic rings. The van der Waals surface area contributed by atoms with Crippen LogP contribution in [0.1, 0.15) is 11.1 Å². The second-order valence-electron chi connectivity index (χ2n) is 8.50. The number of aryl methyl sites for hydroxylation is 2. The highest BCUT2D eigenvalue weighted by Gasteiger charge is 2.35. The van der Waals surface area contributed by atoms with Gasteiger partial charge in [0.05, 0.1) is 39.8 Å². The van der Waals surface area contributed by atoms with Crippen LogP contribution < -0.4 is 5.32 Å². The summed E-state index contributed by atoms with van der Waals surface area (Å²) in [6, 6.07) is 10.3. The molecule has 2 amide bonds. The highest BCUT2D eigenvalue weighted by Crippen LogP contribution is 2.39. The molecule has 0 fully saturated rings. The molecule has 0 bridgehead atoms. The van der Waals surface area contributed by atoms with Crippen molar-refractivity contribution >= 4 is 50.5 Å². The van der Waals surface area contributed by atoms with Crippen molar-refractivity contribution in [1.29, 1.82) is 0 Å². The lowest BCUT2D eigenvalue weighted by molar-refractivity contribution is -0.384. The molecule has 172 valence electrons. The quantitative estimate of drug-likeness (QED) is 0.238. The molecule has 0 radical (unpaired) electrons. The van der Waals surface area contributed by atoms with Crippen LogP contribution >= 0.6 is 0 Å². The van der Waals surface area contributed by atoms with Crippen molar-refractivity contribution in [2.45, 2.75) is 0 Å². The van der Waals surface area contributed by atoms with E-state index in [1.54, 1.807) is 36.4 Å². The molecule has 4 heterocycles. The lowest BCUT2D eigenvalue weighted by Crippen LogP contribution is -2.22. The molecule has 10 heteroatoms. The van der Waals surface area contributed by atoms with Crippen molar-refractivity contribution in [1.82, 2.24) is 24.4 Å². The van der Waals surface area contributed by atoms with Gasteiger partial charge in [-0.05, 0) is 12.1 Å². The number of nitrogens with zero attached hydrogens (tertiary/aromatic N) is 4. The largest absolute Gasteiger partial charge is 0.350 e. The second-order valence-corrected chi connectivity index (χ2v) is 8.50. The van der Waals surface area contributed by atoms with Gasteiger partial charge in [0.25, 0.3) is 17.5 Å². The highest BCUT2D eigenvalue weighted by atomic mass is 16.6. The number of amides is 2. The third kappa shape index (κ3) is 3.00. The predicted molar refractivity (Wildman–Crippen MR) is 130 cm³/mol. The van der Waals surface area contributed by atoms with Crippen LogP contribution in [-0.4, -0.2) is 35.8 Å². The van der Waals surface area contributed by atoms with Gasteiger partial charge in [0.15, 0.2) is 0 Å². The monoisotopic (exact) mass is 466 g/mol. The fourth-order valence-corrected chi connectivity index (χ4v) is 4.82. The van der Waals surface area contributed by atoms with Crippen LogP contribution in [0.5, 0.6) is 0 Å². The van der Waals surface area contributed by atoms with Crippen LogP contribution in [0.25, 0.3) is 44.2 Å². The number of rotatable bonds is 4. The smallest absolute Gasteiger partial charge is 0.271 e. The van der Waals surface area contributed by atoms with Gasteiger partial charge >= 0.3 is 0 Å². The van der Waals surface area contributed by atoms with Gasteiger partial charge in [-0.2, -0.15) is 0 Å². The normalized spacial score (nSPS) is 13.9. The number of aromatic amines is 1. The summed E-state index contributed by atoms with van der Waals surface area (Å²) in [7, 11) is 3.63. The van der Waals surface area contributed by atoms with Gasteiger partial charge in [-0.1, -0.05) is 12.1 Å². The van der Waals surface area contributed by atoms with Gasteiger partial charge in [0.1, 0.15) is 0 Å². The Morgan fingerprint density at radius 3 is 2.06 bits per heavy atom. The Morgan fingerprint density at radius 2 is 1.49 bits per heavy atom. The lowest BCUT2D eigenvalue weighted by atomic mass is 9.95. The Kier molecular flexibility index (Phi) is 4.27. The summed E-state index contributed by atoms with van der Waals surface area (Å²) >= 11 is 0. The molecule has 0 unspecified atom stereocenters. The fourth-order valence-electron chi connectivity index (χ4n) is 4.82. The number of imidazole rings is 1. The number of imide groups is 1. The number of fused-ring (bicyclic) bond motifs is 2. The van der Waals surface area contributed by atoms with Crippen molar-refractivity contribution in [3.63, 3.8) is 0 Å². The number of non-ortho nitro benzene ring substituents is 1. The maximum Gasteiger partial charge on any atom is 0.271 e. The topological polar surface area (TPSA) is 128 Å². The number of carbonyl (C=O) groups excluding carboxylic acids is 2. The average molecular weight is 466 g/mol. The first-order chi connectivity index (χ1) is 16.8. The number of nitro groups is 1. The highest BCUT2D eigenvalue weighted by molar-refractivity contribution is 6.50. The molecule has 10 nitrogen and oxygen atoms in total. The Hall–Kier alpha value is -4.99. The standard InChI is InChI=1S/C25H18N6O4/c1-29-10-17(15-5-3-13(7-20(15)29)19-9-26-12-27-19)22-23(25(33)28-24(22)32)18-11-30(2)21-8-14(31(34)35)4-6-16(18)21/h3-12H,1-2H3,(H,26,27)(H,28,32,33). The molecule has 0 aliphatic carbocycles. The zero-order valence-corrected chi connectivity index (χ0v) is 18.7. The van der Waals surface area contributed by atoms with E-state index in [9.17, 15) is 19.7 Å². The number of aromatic nitrogens is 4. The van der Waals surface area contributed by atoms with Crippen LogP contribution in [0.15, 0.2) is 61.3 Å². The van der Waals surface area contributed by atoms with Crippen molar-refractivity contribution in [2.24, 2.45) is 14.1 Å². The number of carbonyl (C=O) groups is 2. The summed E-state index contributed by atoms with van der Waals surface area (Å²) in [4.78, 5) is 44.0. The minimum atomic E-state index is -0.498. The van der Waals surface area contributed by atoms with E-state index in [0.717, 1.165) is 22.2 Å². The summed E-state index contributed by atoms with van der Waals surface area (Å²) in [6.07, 6.45) is 6.91. The van der Waals surface area contributed by atoms with E-state index >= 15 is 0 Å². The van der Waals surface area contributed by atoms with E-state index in [1.807, 2.05) is 36.0 Å². The first-order valence-corrected chi connectivity index (χ1v) is 10.8. The fraction of sp³-hybridized carbons (Fsp3) is 0.0800. The molecule has 35 heavy (non-hydrogen) atoms. The number of hydrogen-bond acceptors (Lipinski definition) is 5. The van der Waals surface area contributed by atoms with E-state index in [1.165, 1.54) is 12.1 Å². The number of hydrogen-bond donors (Lipinski definition) is 2. The summed E-state index contributed by atoms with van der Waals surface area (Å²) in [5.41, 5.74) is 4.95. The minimum absolute atomic E-state index is 0.0477. The number of nitro benzene ring substituents is 1. The van der Waals surface area contributed by atoms with Crippen LogP contribution in [0, 0.1) is 10.1 Å². The third-order valence-corrected chi connectivity index (χ3v) is 6.45. The zero-order chi connectivity index (χ0) is 24.4. The number of nitrogens with one attached hydrogen (secondary N) is 2. The molecule has 1 aliphatic heterocycles. The Balaban J connectivity index is 1.60. The average Bonchev–Trinajstić information content (AvgIpc) is 3.60. The summed E-state index contributed by atoms with van der Waals surface area (Å²) < 4.78 is 3.63. The molecule has 0 saturated carbocycles.